The lowest BCUT2D eigenvalue weighted by Gasteiger charge is -2.30. The van der Waals surface area contributed by atoms with Gasteiger partial charge in [-0.3, -0.25) is 0 Å². The first-order chi connectivity index (χ1) is 16.1. The van der Waals surface area contributed by atoms with Crippen LogP contribution in [0.5, 0.6) is 0 Å². The number of nitrogens with one attached hydrogen (secondary N) is 1. The predicted molar refractivity (Wildman–Crippen MR) is 154 cm³/mol. The molecule has 4 nitrogen and oxygen atoms in total. The number of thiophene rings is 1. The van der Waals surface area contributed by atoms with Crippen molar-refractivity contribution in [2.45, 2.75) is 85.8 Å². The number of thioether (sulfide) groups is 1. The molecule has 0 amide bonds. The lowest BCUT2D eigenvalue weighted by molar-refractivity contribution is 0.215. The van der Waals surface area contributed by atoms with Crippen molar-refractivity contribution in [2.75, 3.05) is 39.9 Å². The summed E-state index contributed by atoms with van der Waals surface area (Å²) in [6.45, 7) is 23.5. The van der Waals surface area contributed by atoms with E-state index in [0.717, 1.165) is 44.9 Å². The highest BCUT2D eigenvalue weighted by Gasteiger charge is 2.23. The number of allylic oxidation sites excluding steroid dienone is 3. The lowest BCUT2D eigenvalue weighted by Crippen LogP contribution is -2.46. The number of hydrogen-bond acceptors (Lipinski definition) is 6. The molecule has 1 aromatic rings. The van der Waals surface area contributed by atoms with E-state index in [1.54, 1.807) is 7.11 Å². The summed E-state index contributed by atoms with van der Waals surface area (Å²) in [6, 6.07) is 2.36. The second-order valence-corrected chi connectivity index (χ2v) is 9.04. The van der Waals surface area contributed by atoms with E-state index in [9.17, 15) is 0 Å². The molecule has 1 saturated heterocycles. The molecule has 0 radical (unpaired) electrons. The zero-order valence-corrected chi connectivity index (χ0v) is 24.7. The van der Waals surface area contributed by atoms with E-state index >= 15 is 0 Å². The van der Waals surface area contributed by atoms with Gasteiger partial charge >= 0.3 is 0 Å². The Kier molecular flexibility index (Phi) is 24.9. The minimum atomic E-state index is 0.819. The van der Waals surface area contributed by atoms with Crippen LogP contribution in [0, 0.1) is 0 Å². The summed E-state index contributed by atoms with van der Waals surface area (Å²) in [5, 5.41) is 5.60. The third-order valence-corrected chi connectivity index (χ3v) is 6.70. The summed E-state index contributed by atoms with van der Waals surface area (Å²) in [7, 11) is 1.68. The largest absolute Gasteiger partial charge is 0.385 e. The third kappa shape index (κ3) is 14.7. The summed E-state index contributed by atoms with van der Waals surface area (Å²) in [5.41, 5.74) is 2.46. The van der Waals surface area contributed by atoms with Gasteiger partial charge in [0.2, 0.25) is 0 Å². The molecule has 0 aromatic carbocycles. The van der Waals surface area contributed by atoms with Crippen LogP contribution in [0.15, 0.2) is 38.5 Å². The van der Waals surface area contributed by atoms with Gasteiger partial charge in [-0.2, -0.15) is 0 Å². The molecule has 33 heavy (non-hydrogen) atoms. The highest BCUT2D eigenvalue weighted by atomic mass is 32.2. The van der Waals surface area contributed by atoms with Gasteiger partial charge in [0.1, 0.15) is 5.84 Å². The molecule has 0 saturated carbocycles. The number of nitrogens with zero attached hydrogens (tertiary/aromatic N) is 2. The molecule has 6 heteroatoms. The molecular weight excluding hydrogens is 446 g/mol. The summed E-state index contributed by atoms with van der Waals surface area (Å²) in [6.07, 6.45) is 7.73. The quantitative estimate of drug-likeness (QED) is 0.428. The Morgan fingerprint density at radius 2 is 1.73 bits per heavy atom. The average molecular weight is 498 g/mol. The van der Waals surface area contributed by atoms with Crippen LogP contribution in [0.25, 0.3) is 0 Å². The molecule has 0 aliphatic carbocycles. The molecule has 3 rings (SSSR count). The monoisotopic (exact) mass is 497 g/mol. The number of aliphatic imine (C=N–C) groups is 1. The fraction of sp³-hybridized carbons (Fsp3) is 0.667. The van der Waals surface area contributed by atoms with Crippen LogP contribution < -0.4 is 5.32 Å². The fourth-order valence-corrected chi connectivity index (χ4v) is 5.03. The van der Waals surface area contributed by atoms with Gasteiger partial charge < -0.3 is 15.0 Å². The van der Waals surface area contributed by atoms with Crippen molar-refractivity contribution in [1.29, 1.82) is 0 Å². The zero-order chi connectivity index (χ0) is 25.5. The van der Waals surface area contributed by atoms with E-state index in [4.69, 9.17) is 4.99 Å². The van der Waals surface area contributed by atoms with Crippen molar-refractivity contribution in [3.05, 3.63) is 39.8 Å². The average Bonchev–Trinajstić information content (AvgIpc) is 3.21. The first-order valence-electron chi connectivity index (χ1n) is 12.7. The Morgan fingerprint density at radius 3 is 2.18 bits per heavy atom. The van der Waals surface area contributed by atoms with E-state index in [2.05, 4.69) is 59.4 Å². The Hall–Kier alpha value is -1.08. The van der Waals surface area contributed by atoms with Crippen LogP contribution in [0.2, 0.25) is 0 Å². The number of piperazine rings is 1. The Morgan fingerprint density at radius 1 is 1.12 bits per heavy atom. The molecule has 1 aromatic heterocycles. The number of methoxy groups -OCH3 is 1. The van der Waals surface area contributed by atoms with E-state index in [-0.39, 0.29) is 0 Å². The minimum absolute atomic E-state index is 0.819. The second kappa shape index (κ2) is 24.1. The van der Waals surface area contributed by atoms with Gasteiger partial charge in [0.15, 0.2) is 0 Å². The molecule has 2 aliphatic rings. The van der Waals surface area contributed by atoms with E-state index < -0.39 is 0 Å². The van der Waals surface area contributed by atoms with Gasteiger partial charge in [-0.1, -0.05) is 71.9 Å². The summed E-state index contributed by atoms with van der Waals surface area (Å²) in [5.74, 6) is 1.18. The van der Waals surface area contributed by atoms with Gasteiger partial charge in [-0.05, 0) is 45.1 Å². The summed E-state index contributed by atoms with van der Waals surface area (Å²) < 4.78 is 5.95. The Labute approximate surface area is 214 Å². The number of hydrogen-bond donors (Lipinski definition) is 1. The van der Waals surface area contributed by atoms with Crippen molar-refractivity contribution >= 4 is 28.9 Å². The first-order valence-corrected chi connectivity index (χ1v) is 14.4. The third-order valence-electron chi connectivity index (χ3n) is 4.28. The topological polar surface area (TPSA) is 36.9 Å². The van der Waals surface area contributed by atoms with Gasteiger partial charge in [-0.15, -0.1) is 11.3 Å². The van der Waals surface area contributed by atoms with Crippen LogP contribution in [0.1, 0.15) is 85.6 Å². The van der Waals surface area contributed by atoms with Crippen LogP contribution in [0.4, 0.5) is 0 Å². The van der Waals surface area contributed by atoms with Crippen LogP contribution in [0.3, 0.4) is 0 Å². The van der Waals surface area contributed by atoms with E-state index in [1.165, 1.54) is 33.3 Å². The number of amidine groups is 1. The lowest BCUT2D eigenvalue weighted by atomic mass is 10.2. The standard InChI is InChI=1S/C15H21N3S2.C5H10.C3H8O.2C2H6/c1-3-4-12-9-13-14(18-7-5-16-6-8-18)17-11(2)10-19-15(13)20-12;1-3-5-4-2;1-3-4-2;2*1-2/h9-10,16H,3-8H2,1-2H3;3,5H,4H2,1-2H3;3H2,1-2H3;2*1-2H3/b;5-3-;;;. The zero-order valence-electron chi connectivity index (χ0n) is 23.1. The molecule has 3 heterocycles. The molecule has 0 atom stereocenters. The minimum Gasteiger partial charge on any atom is -0.385 e. The fourth-order valence-electron chi connectivity index (χ4n) is 2.78. The second-order valence-electron chi connectivity index (χ2n) is 6.77. The Balaban J connectivity index is 0. The maximum atomic E-state index is 4.88. The predicted octanol–water partition coefficient (Wildman–Crippen LogP) is 8.00. The van der Waals surface area contributed by atoms with Gasteiger partial charge in [-0.25, -0.2) is 4.99 Å². The SMILES string of the molecule is C/C=C\CC.CC.CC.CCCc1cc2c(s1)SC=C(C)N=C2N1CCNCC1.CCOC. The molecule has 2 aliphatic heterocycles. The van der Waals surface area contributed by atoms with Crippen molar-refractivity contribution in [3.63, 3.8) is 0 Å². The van der Waals surface area contributed by atoms with E-state index in [0.29, 0.717) is 0 Å². The summed E-state index contributed by atoms with van der Waals surface area (Å²) >= 11 is 3.77. The van der Waals surface area contributed by atoms with Crippen LogP contribution in [-0.4, -0.2) is 50.6 Å². The normalized spacial score (nSPS) is 14.4. The van der Waals surface area contributed by atoms with Gasteiger partial charge in [0.25, 0.3) is 0 Å². The van der Waals surface area contributed by atoms with Crippen LogP contribution in [-0.2, 0) is 11.2 Å². The van der Waals surface area contributed by atoms with Crippen molar-refractivity contribution in [1.82, 2.24) is 10.2 Å². The molecule has 192 valence electrons. The number of ether oxygens (including phenoxy) is 1. The maximum absolute atomic E-state index is 4.88. The molecule has 0 bridgehead atoms. The molecule has 1 N–H and O–H groups in total. The molecule has 0 spiro atoms. The molecule has 0 unspecified atom stereocenters. The van der Waals surface area contributed by atoms with Gasteiger partial charge in [0, 0.05) is 56.0 Å². The highest BCUT2D eigenvalue weighted by Crippen LogP contribution is 2.37. The van der Waals surface area contributed by atoms with Crippen molar-refractivity contribution in [3.8, 4) is 0 Å². The number of rotatable bonds is 4. The first kappa shape index (κ1) is 34.1. The molecule has 1 fully saturated rings. The van der Waals surface area contributed by atoms with Crippen molar-refractivity contribution < 1.29 is 4.74 Å². The number of aryl methyl sites for hydroxylation is 1. The number of fused-ring (bicyclic) bond motifs is 1. The maximum Gasteiger partial charge on any atom is 0.138 e. The molecular formula is C27H51N3OS2. The summed E-state index contributed by atoms with van der Waals surface area (Å²) in [4.78, 5) is 8.79. The smallest absolute Gasteiger partial charge is 0.138 e. The van der Waals surface area contributed by atoms with Crippen molar-refractivity contribution in [2.24, 2.45) is 4.99 Å². The highest BCUT2D eigenvalue weighted by molar-refractivity contribution is 8.04. The van der Waals surface area contributed by atoms with Crippen LogP contribution >= 0.6 is 23.1 Å². The van der Waals surface area contributed by atoms with Gasteiger partial charge in [0.05, 0.1) is 4.21 Å². The van der Waals surface area contributed by atoms with E-state index in [1.807, 2.05) is 64.6 Å². The Bertz CT molecular complexity index is 658.